The molecule has 2 rings (SSSR count). The lowest BCUT2D eigenvalue weighted by atomic mass is 10.2. The molecule has 1 aromatic carbocycles. The van der Waals surface area contributed by atoms with Gasteiger partial charge in [0.1, 0.15) is 5.76 Å². The third-order valence-electron chi connectivity index (χ3n) is 2.63. The maximum Gasteiger partial charge on any atom is 0.251 e. The van der Waals surface area contributed by atoms with Gasteiger partial charge in [-0.2, -0.15) is 0 Å². The van der Waals surface area contributed by atoms with Crippen LogP contribution in [-0.4, -0.2) is 18.9 Å². The van der Waals surface area contributed by atoms with Gasteiger partial charge in [0.25, 0.3) is 5.91 Å². The molecule has 5 nitrogen and oxygen atoms in total. The van der Waals surface area contributed by atoms with E-state index in [9.17, 15) is 9.59 Å². The van der Waals surface area contributed by atoms with Crippen LogP contribution < -0.4 is 10.6 Å². The second kappa shape index (κ2) is 6.90. The van der Waals surface area contributed by atoms with Crippen molar-refractivity contribution in [2.75, 3.05) is 12.4 Å². The van der Waals surface area contributed by atoms with E-state index in [1.54, 1.807) is 49.5 Å². The molecule has 1 heterocycles. The summed E-state index contributed by atoms with van der Waals surface area (Å²) < 4.78 is 5.85. The molecule has 0 aliphatic heterocycles. The van der Waals surface area contributed by atoms with Gasteiger partial charge in [-0.05, 0) is 58.4 Å². The van der Waals surface area contributed by atoms with E-state index in [0.29, 0.717) is 21.7 Å². The van der Waals surface area contributed by atoms with Crippen molar-refractivity contribution in [1.82, 2.24) is 5.32 Å². The Morgan fingerprint density at radius 2 is 1.86 bits per heavy atom. The summed E-state index contributed by atoms with van der Waals surface area (Å²) in [5.74, 6) is 0.123. The molecule has 0 radical (unpaired) electrons. The van der Waals surface area contributed by atoms with E-state index < -0.39 is 0 Å². The van der Waals surface area contributed by atoms with Crippen LogP contribution >= 0.6 is 15.9 Å². The fraction of sp³-hybridized carbons (Fsp3) is 0.0667. The molecule has 0 saturated carbocycles. The molecule has 0 unspecified atom stereocenters. The Morgan fingerprint density at radius 3 is 2.43 bits per heavy atom. The molecule has 0 fully saturated rings. The van der Waals surface area contributed by atoms with Crippen LogP contribution in [0.5, 0.6) is 0 Å². The Balaban J connectivity index is 1.96. The van der Waals surface area contributed by atoms with E-state index in [1.807, 2.05) is 0 Å². The van der Waals surface area contributed by atoms with Gasteiger partial charge in [-0.3, -0.25) is 9.59 Å². The van der Waals surface area contributed by atoms with Crippen molar-refractivity contribution in [2.24, 2.45) is 0 Å². The van der Waals surface area contributed by atoms with Crippen LogP contribution in [0.15, 0.2) is 51.6 Å². The highest BCUT2D eigenvalue weighted by Gasteiger charge is 2.03. The van der Waals surface area contributed by atoms with Gasteiger partial charge in [0.15, 0.2) is 4.67 Å². The number of halogens is 1. The van der Waals surface area contributed by atoms with E-state index >= 15 is 0 Å². The van der Waals surface area contributed by atoms with Gasteiger partial charge >= 0.3 is 0 Å². The maximum absolute atomic E-state index is 11.7. The zero-order chi connectivity index (χ0) is 15.2. The quantitative estimate of drug-likeness (QED) is 0.834. The number of nitrogens with one attached hydrogen (secondary N) is 2. The van der Waals surface area contributed by atoms with Crippen molar-refractivity contribution in [3.05, 3.63) is 58.5 Å². The van der Waals surface area contributed by atoms with Gasteiger partial charge in [0.2, 0.25) is 5.91 Å². The summed E-state index contributed by atoms with van der Waals surface area (Å²) in [6, 6.07) is 10.1. The van der Waals surface area contributed by atoms with Gasteiger partial charge in [-0.15, -0.1) is 0 Å². The number of benzene rings is 1. The van der Waals surface area contributed by atoms with Crippen molar-refractivity contribution in [2.45, 2.75) is 0 Å². The highest BCUT2D eigenvalue weighted by atomic mass is 79.9. The average molecular weight is 349 g/mol. The van der Waals surface area contributed by atoms with Crippen LogP contribution in [0.2, 0.25) is 0 Å². The number of carbonyl (C=O) groups is 2. The summed E-state index contributed by atoms with van der Waals surface area (Å²) in [7, 11) is 1.57. The highest BCUT2D eigenvalue weighted by Crippen LogP contribution is 2.15. The molecule has 6 heteroatoms. The maximum atomic E-state index is 11.7. The largest absolute Gasteiger partial charge is 0.450 e. The van der Waals surface area contributed by atoms with Gasteiger partial charge in [-0.1, -0.05) is 0 Å². The SMILES string of the molecule is CNC(=O)c1ccc(NC(=O)/C=C/c2ccc(Br)o2)cc1. The van der Waals surface area contributed by atoms with E-state index in [4.69, 9.17) is 4.42 Å². The van der Waals surface area contributed by atoms with Crippen LogP contribution in [0.3, 0.4) is 0 Å². The number of amides is 2. The third-order valence-corrected chi connectivity index (χ3v) is 3.06. The number of anilines is 1. The van der Waals surface area contributed by atoms with Crippen LogP contribution in [-0.2, 0) is 4.79 Å². The van der Waals surface area contributed by atoms with Gasteiger partial charge < -0.3 is 15.1 Å². The lowest BCUT2D eigenvalue weighted by Gasteiger charge is -2.03. The first-order chi connectivity index (χ1) is 10.1. The van der Waals surface area contributed by atoms with E-state index in [-0.39, 0.29) is 11.8 Å². The summed E-state index contributed by atoms with van der Waals surface area (Å²) in [6.45, 7) is 0. The Kier molecular flexibility index (Phi) is 4.94. The molecule has 108 valence electrons. The fourth-order valence-electron chi connectivity index (χ4n) is 1.61. The Labute approximate surface area is 130 Å². The predicted molar refractivity (Wildman–Crippen MR) is 83.9 cm³/mol. The second-order valence-electron chi connectivity index (χ2n) is 4.12. The van der Waals surface area contributed by atoms with Crippen molar-refractivity contribution in [3.8, 4) is 0 Å². The fourth-order valence-corrected chi connectivity index (χ4v) is 1.93. The molecule has 0 saturated heterocycles. The van der Waals surface area contributed by atoms with Crippen LogP contribution in [0.1, 0.15) is 16.1 Å². The predicted octanol–water partition coefficient (Wildman–Crippen LogP) is 3.05. The van der Waals surface area contributed by atoms with Crippen LogP contribution in [0.25, 0.3) is 6.08 Å². The molecule has 0 aliphatic carbocycles. The number of carbonyl (C=O) groups excluding carboxylic acids is 2. The molecule has 0 spiro atoms. The second-order valence-corrected chi connectivity index (χ2v) is 4.90. The molecule has 21 heavy (non-hydrogen) atoms. The van der Waals surface area contributed by atoms with Crippen molar-refractivity contribution < 1.29 is 14.0 Å². The molecular weight excluding hydrogens is 336 g/mol. The Morgan fingerprint density at radius 1 is 1.14 bits per heavy atom. The van der Waals surface area contributed by atoms with Gasteiger partial charge in [0.05, 0.1) is 0 Å². The number of furan rings is 1. The lowest BCUT2D eigenvalue weighted by Crippen LogP contribution is -2.17. The summed E-state index contributed by atoms with van der Waals surface area (Å²) in [5.41, 5.74) is 1.14. The van der Waals surface area contributed by atoms with Crippen LogP contribution in [0, 0.1) is 0 Å². The number of hydrogen-bond acceptors (Lipinski definition) is 3. The molecule has 0 aliphatic rings. The van der Waals surface area contributed by atoms with E-state index in [2.05, 4.69) is 26.6 Å². The van der Waals surface area contributed by atoms with E-state index in [0.717, 1.165) is 0 Å². The lowest BCUT2D eigenvalue weighted by molar-refractivity contribution is -0.111. The minimum Gasteiger partial charge on any atom is -0.450 e. The zero-order valence-electron chi connectivity index (χ0n) is 11.2. The number of hydrogen-bond donors (Lipinski definition) is 2. The summed E-state index contributed by atoms with van der Waals surface area (Å²) >= 11 is 3.18. The zero-order valence-corrected chi connectivity index (χ0v) is 12.8. The first-order valence-electron chi connectivity index (χ1n) is 6.15. The van der Waals surface area contributed by atoms with Gasteiger partial charge in [-0.25, -0.2) is 0 Å². The van der Waals surface area contributed by atoms with Crippen molar-refractivity contribution >= 4 is 39.5 Å². The third kappa shape index (κ3) is 4.32. The van der Waals surface area contributed by atoms with Crippen molar-refractivity contribution in [1.29, 1.82) is 0 Å². The molecule has 2 amide bonds. The molecule has 2 N–H and O–H groups in total. The minimum atomic E-state index is -0.282. The Bertz CT molecular complexity index is 674. The molecule has 1 aromatic heterocycles. The summed E-state index contributed by atoms with van der Waals surface area (Å²) in [4.78, 5) is 23.1. The van der Waals surface area contributed by atoms with Crippen molar-refractivity contribution in [3.63, 3.8) is 0 Å². The standard InChI is InChI=1S/C15H13BrN2O3/c1-17-15(20)10-2-4-11(5-3-10)18-14(19)9-7-12-6-8-13(16)21-12/h2-9H,1H3,(H,17,20)(H,18,19)/b9-7+. The smallest absolute Gasteiger partial charge is 0.251 e. The summed E-state index contributed by atoms with van der Waals surface area (Å²) in [6.07, 6.45) is 2.94. The average Bonchev–Trinajstić information content (AvgIpc) is 2.91. The molecular formula is C15H13BrN2O3. The minimum absolute atomic E-state index is 0.170. The van der Waals surface area contributed by atoms with Gasteiger partial charge in [0, 0.05) is 24.4 Å². The molecule has 0 bridgehead atoms. The first-order valence-corrected chi connectivity index (χ1v) is 6.94. The summed E-state index contributed by atoms with van der Waals surface area (Å²) in [5, 5.41) is 5.22. The van der Waals surface area contributed by atoms with E-state index in [1.165, 1.54) is 6.08 Å². The monoisotopic (exact) mass is 348 g/mol. The number of rotatable bonds is 4. The highest BCUT2D eigenvalue weighted by molar-refractivity contribution is 9.10. The molecule has 0 atom stereocenters. The normalized spacial score (nSPS) is 10.6. The van der Waals surface area contributed by atoms with Crippen LogP contribution in [0.4, 0.5) is 5.69 Å². The Hall–Kier alpha value is -2.34. The first kappa shape index (κ1) is 15.1. The topological polar surface area (TPSA) is 71.3 Å². The molecule has 2 aromatic rings.